The van der Waals surface area contributed by atoms with Crippen molar-refractivity contribution < 1.29 is 19.8 Å². The predicted octanol–water partition coefficient (Wildman–Crippen LogP) is 5.78. The molecule has 1 aliphatic heterocycles. The van der Waals surface area contributed by atoms with E-state index in [1.807, 2.05) is 12.1 Å². The Morgan fingerprint density at radius 1 is 1.05 bits per heavy atom. The number of benzene rings is 1. The maximum atomic E-state index is 12.6. The number of halogens is 2. The van der Waals surface area contributed by atoms with E-state index < -0.39 is 6.09 Å². The Morgan fingerprint density at radius 3 is 2.33 bits per heavy atom. The lowest BCUT2D eigenvalue weighted by molar-refractivity contribution is 0.0936. The number of Topliss-reactive ketones (excluding diaryl/α,β-unsaturated/α-hetero) is 1. The van der Waals surface area contributed by atoms with Crippen LogP contribution in [-0.4, -0.2) is 80.6 Å². The molecule has 0 spiro atoms. The fourth-order valence-corrected chi connectivity index (χ4v) is 6.02. The third-order valence-corrected chi connectivity index (χ3v) is 8.34. The van der Waals surface area contributed by atoms with Gasteiger partial charge in [0.25, 0.3) is 0 Å². The average molecular weight is 572 g/mol. The van der Waals surface area contributed by atoms with Gasteiger partial charge in [0.05, 0.1) is 32.5 Å². The van der Waals surface area contributed by atoms with Crippen LogP contribution in [0, 0.1) is 5.92 Å². The zero-order chi connectivity index (χ0) is 27.7. The number of ketones is 1. The molecule has 9 nitrogen and oxygen atoms in total. The van der Waals surface area contributed by atoms with Gasteiger partial charge in [-0.05, 0) is 62.8 Å². The van der Waals surface area contributed by atoms with Crippen molar-refractivity contribution in [3.05, 3.63) is 46.1 Å². The maximum Gasteiger partial charge on any atom is 0.407 e. The Hall–Kier alpha value is -3.14. The first-order valence-electron chi connectivity index (χ1n) is 13.2. The van der Waals surface area contributed by atoms with Crippen molar-refractivity contribution in [1.29, 1.82) is 0 Å². The zero-order valence-electron chi connectivity index (χ0n) is 21.7. The van der Waals surface area contributed by atoms with Gasteiger partial charge in [-0.2, -0.15) is 0 Å². The van der Waals surface area contributed by atoms with Gasteiger partial charge in [0.1, 0.15) is 5.52 Å². The highest BCUT2D eigenvalue weighted by Crippen LogP contribution is 2.37. The molecular weight excluding hydrogens is 541 g/mol. The molecule has 0 unspecified atom stereocenters. The Balaban J connectivity index is 1.32. The van der Waals surface area contributed by atoms with Crippen molar-refractivity contribution in [2.24, 2.45) is 5.92 Å². The van der Waals surface area contributed by atoms with Crippen LogP contribution in [0.5, 0.6) is 5.75 Å². The van der Waals surface area contributed by atoms with Crippen LogP contribution < -0.4 is 5.32 Å². The number of fused-ring (bicyclic) bond motifs is 1. The van der Waals surface area contributed by atoms with Crippen molar-refractivity contribution in [2.45, 2.75) is 38.6 Å². The molecule has 1 amide bonds. The summed E-state index contributed by atoms with van der Waals surface area (Å²) in [7, 11) is 0. The van der Waals surface area contributed by atoms with Gasteiger partial charge in [-0.1, -0.05) is 23.2 Å². The van der Waals surface area contributed by atoms with Crippen LogP contribution in [0.1, 0.15) is 43.0 Å². The molecule has 1 saturated heterocycles. The van der Waals surface area contributed by atoms with Crippen LogP contribution in [0.2, 0.25) is 10.0 Å². The molecule has 2 aliphatic rings. The average Bonchev–Trinajstić information content (AvgIpc) is 2.92. The lowest BCUT2D eigenvalue weighted by Gasteiger charge is -2.37. The molecule has 0 radical (unpaired) electrons. The molecular formula is C28H31Cl2N5O4. The quantitative estimate of drug-likeness (QED) is 0.318. The van der Waals surface area contributed by atoms with E-state index in [4.69, 9.17) is 28.2 Å². The number of hydrogen-bond donors (Lipinski definition) is 3. The number of carbonyl (C=O) groups excluding carboxylic acids is 1. The van der Waals surface area contributed by atoms with Crippen molar-refractivity contribution in [3.63, 3.8) is 0 Å². The number of pyridine rings is 2. The number of aromatic hydroxyl groups is 1. The van der Waals surface area contributed by atoms with Gasteiger partial charge in [-0.3, -0.25) is 14.7 Å². The lowest BCUT2D eigenvalue weighted by Crippen LogP contribution is -2.49. The smallest absolute Gasteiger partial charge is 0.407 e. The number of phenols is 1. The Labute approximate surface area is 236 Å². The van der Waals surface area contributed by atoms with Crippen molar-refractivity contribution in [3.8, 4) is 17.0 Å². The highest BCUT2D eigenvalue weighted by molar-refractivity contribution is 6.37. The lowest BCUT2D eigenvalue weighted by atomic mass is 9.85. The van der Waals surface area contributed by atoms with E-state index in [9.17, 15) is 19.8 Å². The van der Waals surface area contributed by atoms with Crippen LogP contribution in [0.3, 0.4) is 0 Å². The summed E-state index contributed by atoms with van der Waals surface area (Å²) >= 11 is 12.3. The first-order valence-corrected chi connectivity index (χ1v) is 13.9. The van der Waals surface area contributed by atoms with Crippen LogP contribution in [0.15, 0.2) is 30.5 Å². The van der Waals surface area contributed by atoms with Gasteiger partial charge >= 0.3 is 6.09 Å². The molecule has 3 aromatic rings. The highest BCUT2D eigenvalue weighted by Gasteiger charge is 2.27. The van der Waals surface area contributed by atoms with Crippen LogP contribution in [0.25, 0.3) is 22.3 Å². The number of piperazine rings is 1. The number of anilines is 1. The molecule has 39 heavy (non-hydrogen) atoms. The van der Waals surface area contributed by atoms with E-state index in [1.54, 1.807) is 18.3 Å². The van der Waals surface area contributed by atoms with Gasteiger partial charge in [-0.15, -0.1) is 0 Å². The molecule has 2 aromatic heterocycles. The number of phenolic OH excluding ortho intramolecular Hbond substituents is 1. The number of carboxylic acid groups (broad SMARTS) is 1. The third-order valence-electron chi connectivity index (χ3n) is 7.76. The summed E-state index contributed by atoms with van der Waals surface area (Å²) < 4.78 is 0. The molecule has 1 aromatic carbocycles. The summed E-state index contributed by atoms with van der Waals surface area (Å²) in [5.74, 6) is 0.294. The number of nitrogens with one attached hydrogen (secondary N) is 1. The second kappa shape index (κ2) is 11.5. The Kier molecular flexibility index (Phi) is 8.11. The maximum absolute atomic E-state index is 12.6. The van der Waals surface area contributed by atoms with E-state index in [0.717, 1.165) is 45.3 Å². The van der Waals surface area contributed by atoms with Crippen molar-refractivity contribution in [2.75, 3.05) is 38.0 Å². The van der Waals surface area contributed by atoms with Gasteiger partial charge in [0.15, 0.2) is 11.5 Å². The molecule has 1 aliphatic carbocycles. The molecule has 11 heteroatoms. The summed E-state index contributed by atoms with van der Waals surface area (Å²) in [5, 5.41) is 23.0. The summed E-state index contributed by atoms with van der Waals surface area (Å²) in [5.41, 5.74) is 3.68. The fourth-order valence-electron chi connectivity index (χ4n) is 5.53. The minimum Gasteiger partial charge on any atom is -0.505 e. The summed E-state index contributed by atoms with van der Waals surface area (Å²) in [6, 6.07) is 7.07. The van der Waals surface area contributed by atoms with Gasteiger partial charge in [-0.25, -0.2) is 9.78 Å². The molecule has 5 rings (SSSR count). The normalized spacial score (nSPS) is 20.2. The van der Waals surface area contributed by atoms with Gasteiger partial charge in [0, 0.05) is 50.5 Å². The predicted molar refractivity (Wildman–Crippen MR) is 152 cm³/mol. The number of nitrogens with zero attached hydrogens (tertiary/aromatic N) is 4. The number of amides is 1. The second-order valence-corrected chi connectivity index (χ2v) is 11.2. The molecule has 3 N–H and O–H groups in total. The number of aromatic nitrogens is 2. The van der Waals surface area contributed by atoms with Gasteiger partial charge < -0.3 is 20.4 Å². The number of hydrogen-bond acceptors (Lipinski definition) is 7. The van der Waals surface area contributed by atoms with E-state index in [0.29, 0.717) is 52.5 Å². The minimum absolute atomic E-state index is 0.0935. The largest absolute Gasteiger partial charge is 0.505 e. The molecule has 3 heterocycles. The van der Waals surface area contributed by atoms with E-state index >= 15 is 0 Å². The second-order valence-electron chi connectivity index (χ2n) is 10.4. The van der Waals surface area contributed by atoms with Crippen molar-refractivity contribution in [1.82, 2.24) is 19.8 Å². The summed E-state index contributed by atoms with van der Waals surface area (Å²) in [6.07, 6.45) is 4.79. The zero-order valence-corrected chi connectivity index (χ0v) is 23.2. The van der Waals surface area contributed by atoms with E-state index in [2.05, 4.69) is 15.2 Å². The van der Waals surface area contributed by atoms with E-state index in [1.165, 1.54) is 11.8 Å². The molecule has 206 valence electrons. The molecule has 0 atom stereocenters. The first kappa shape index (κ1) is 27.4. The Morgan fingerprint density at radius 2 is 1.72 bits per heavy atom. The number of carbonyl (C=O) groups is 2. The van der Waals surface area contributed by atoms with E-state index in [-0.39, 0.29) is 27.6 Å². The topological polar surface area (TPSA) is 119 Å². The fraction of sp³-hybridized carbons (Fsp3) is 0.429. The van der Waals surface area contributed by atoms with Crippen LogP contribution >= 0.6 is 23.2 Å². The highest BCUT2D eigenvalue weighted by atomic mass is 35.5. The van der Waals surface area contributed by atoms with Crippen LogP contribution in [-0.2, 0) is 0 Å². The molecule has 2 fully saturated rings. The van der Waals surface area contributed by atoms with Crippen LogP contribution in [0.4, 0.5) is 10.5 Å². The molecule has 0 bridgehead atoms. The van der Waals surface area contributed by atoms with Gasteiger partial charge in [0.2, 0.25) is 0 Å². The number of rotatable bonds is 6. The minimum atomic E-state index is -0.841. The SMILES string of the molecule is CC(=O)c1cnc2ccc(-c3cc(Cl)c(O)c(Cl)c3)nc2c1N[C@H]1CC[C@H](CN2CCN(C(=O)O)CC2)CC1. The summed E-state index contributed by atoms with van der Waals surface area (Å²) in [4.78, 5) is 36.9. The van der Waals surface area contributed by atoms with Crippen molar-refractivity contribution >= 4 is 51.8 Å². The monoisotopic (exact) mass is 571 g/mol. The first-order chi connectivity index (χ1) is 18.7. The summed E-state index contributed by atoms with van der Waals surface area (Å²) in [6.45, 7) is 5.19. The standard InChI is InChI=1S/C28H31Cl2N5O4/c1-16(36)20-14-31-24-7-6-23(18-12-21(29)27(37)22(30)13-18)33-26(24)25(20)32-19-4-2-17(3-5-19)15-34-8-10-35(11-9-34)28(38)39/h6-7,12-14,17,19,37H,2-5,8-11,15H2,1H3,(H,31,32)(H,38,39)/t17-,19-. The molecule has 1 saturated carbocycles. The Bertz CT molecular complexity index is 1380. The third kappa shape index (κ3) is 6.05.